The summed E-state index contributed by atoms with van der Waals surface area (Å²) in [5.74, 6) is -0.836. The summed E-state index contributed by atoms with van der Waals surface area (Å²) in [6.07, 6.45) is 0. The molecule has 3 aromatic carbocycles. The van der Waals surface area contributed by atoms with Crippen LogP contribution in [-0.4, -0.2) is 73.9 Å². The molecule has 0 bridgehead atoms. The van der Waals surface area contributed by atoms with E-state index in [0.717, 1.165) is 22.3 Å². The van der Waals surface area contributed by atoms with E-state index in [1.807, 2.05) is 49.3 Å². The van der Waals surface area contributed by atoms with Crippen LogP contribution in [0.1, 0.15) is 31.8 Å². The Morgan fingerprint density at radius 3 is 2.40 bits per heavy atom. The number of ether oxygens (including phenoxy) is 1. The van der Waals surface area contributed by atoms with Gasteiger partial charge in [-0.15, -0.1) is 11.3 Å². The second kappa shape index (κ2) is 11.3. The van der Waals surface area contributed by atoms with Crippen LogP contribution < -0.4 is 10.6 Å². The Labute approximate surface area is 236 Å². The van der Waals surface area contributed by atoms with E-state index in [0.29, 0.717) is 45.9 Å². The molecule has 0 aliphatic carbocycles. The van der Waals surface area contributed by atoms with Gasteiger partial charge in [0, 0.05) is 42.5 Å². The van der Waals surface area contributed by atoms with E-state index < -0.39 is 5.97 Å². The van der Waals surface area contributed by atoms with Gasteiger partial charge < -0.3 is 25.2 Å². The average Bonchev–Trinajstić information content (AvgIpc) is 3.56. The number of rotatable bonds is 8. The number of fused-ring (bicyclic) bond motifs is 2. The minimum atomic E-state index is -0.481. The van der Waals surface area contributed by atoms with Gasteiger partial charge in [-0.1, -0.05) is 12.1 Å². The first-order valence-corrected chi connectivity index (χ1v) is 13.5. The molecular weight excluding hydrogens is 526 g/mol. The summed E-state index contributed by atoms with van der Waals surface area (Å²) in [7, 11) is 7.05. The van der Waals surface area contributed by atoms with Gasteiger partial charge in [0.05, 0.1) is 45.4 Å². The van der Waals surface area contributed by atoms with Crippen LogP contribution in [0, 0.1) is 0 Å². The Balaban J connectivity index is 1.53. The number of nitrogens with zero attached hydrogens (tertiary/aromatic N) is 3. The highest BCUT2D eigenvalue weighted by Crippen LogP contribution is 2.39. The monoisotopic (exact) mass is 555 g/mol. The van der Waals surface area contributed by atoms with Crippen molar-refractivity contribution in [3.05, 3.63) is 88.4 Å². The lowest BCUT2D eigenvalue weighted by Gasteiger charge is -2.20. The zero-order valence-corrected chi connectivity index (χ0v) is 23.5. The topological polar surface area (TPSA) is 104 Å². The predicted molar refractivity (Wildman–Crippen MR) is 158 cm³/mol. The van der Waals surface area contributed by atoms with Crippen molar-refractivity contribution in [1.82, 2.24) is 14.8 Å². The lowest BCUT2D eigenvalue weighted by atomic mass is 9.98. The van der Waals surface area contributed by atoms with Gasteiger partial charge in [-0.3, -0.25) is 9.59 Å². The van der Waals surface area contributed by atoms with Gasteiger partial charge in [0.25, 0.3) is 11.8 Å². The number of hydrogen-bond donors (Lipinski definition) is 2. The second-order valence-electron chi connectivity index (χ2n) is 9.72. The quantitative estimate of drug-likeness (QED) is 0.241. The van der Waals surface area contributed by atoms with Crippen molar-refractivity contribution in [2.24, 2.45) is 0 Å². The highest BCUT2D eigenvalue weighted by Gasteiger charge is 2.29. The number of methoxy groups -OCH3 is 1. The number of nitrogens with one attached hydrogen (secondary N) is 2. The average molecular weight is 556 g/mol. The molecule has 0 saturated carbocycles. The number of thiazole rings is 1. The molecular formula is C30H29N5O4S. The number of aromatic nitrogens is 1. The van der Waals surface area contributed by atoms with Crippen molar-refractivity contribution in [1.29, 1.82) is 0 Å². The summed E-state index contributed by atoms with van der Waals surface area (Å²) in [5, 5.41) is 6.31. The molecule has 0 atom stereocenters. The standard InChI is InChI=1S/C30H29N5O4S/c1-34(2)13-14-35(3)29(37)18-5-9-21(10-6-18)32-27(19-8-12-23-25(16-19)40-17-31-23)26-22-11-7-20(30(38)39-4)15-24(22)33-28(26)36/h5-12,15-17,32H,13-14H2,1-4H3,(H,33,36)/b27-26-. The molecule has 40 heavy (non-hydrogen) atoms. The normalized spacial score (nSPS) is 13.7. The van der Waals surface area contributed by atoms with Gasteiger partial charge in [0.2, 0.25) is 0 Å². The highest BCUT2D eigenvalue weighted by atomic mass is 32.1. The van der Waals surface area contributed by atoms with E-state index in [9.17, 15) is 14.4 Å². The van der Waals surface area contributed by atoms with Crippen LogP contribution in [0.3, 0.4) is 0 Å². The second-order valence-corrected chi connectivity index (χ2v) is 10.6. The Kier molecular flexibility index (Phi) is 7.63. The van der Waals surface area contributed by atoms with E-state index in [1.165, 1.54) is 18.4 Å². The predicted octanol–water partition coefficient (Wildman–Crippen LogP) is 4.65. The fraction of sp³-hybridized carbons (Fsp3) is 0.200. The number of benzene rings is 3. The first kappa shape index (κ1) is 27.0. The molecule has 5 rings (SSSR count). The first-order chi connectivity index (χ1) is 19.2. The van der Waals surface area contributed by atoms with Gasteiger partial charge in [0.1, 0.15) is 0 Å². The smallest absolute Gasteiger partial charge is 0.337 e. The van der Waals surface area contributed by atoms with E-state index in [2.05, 4.69) is 15.6 Å². The Hall–Kier alpha value is -4.54. The van der Waals surface area contributed by atoms with E-state index in [4.69, 9.17) is 4.74 Å². The number of anilines is 2. The minimum absolute atomic E-state index is 0.0619. The fourth-order valence-electron chi connectivity index (χ4n) is 4.47. The molecule has 10 heteroatoms. The molecule has 2 amide bonds. The molecule has 0 fully saturated rings. The van der Waals surface area contributed by atoms with Crippen molar-refractivity contribution in [3.8, 4) is 0 Å². The van der Waals surface area contributed by atoms with Crippen LogP contribution in [0.25, 0.3) is 21.5 Å². The molecule has 2 N–H and O–H groups in total. The molecule has 0 saturated heterocycles. The molecule has 0 radical (unpaired) electrons. The zero-order chi connectivity index (χ0) is 28.4. The molecule has 1 aliphatic rings. The zero-order valence-electron chi connectivity index (χ0n) is 22.6. The van der Waals surface area contributed by atoms with Crippen molar-refractivity contribution in [3.63, 3.8) is 0 Å². The largest absolute Gasteiger partial charge is 0.465 e. The summed E-state index contributed by atoms with van der Waals surface area (Å²) in [5.41, 5.74) is 7.33. The summed E-state index contributed by atoms with van der Waals surface area (Å²) < 4.78 is 5.82. The third kappa shape index (κ3) is 5.45. The lowest BCUT2D eigenvalue weighted by molar-refractivity contribution is -0.110. The summed E-state index contributed by atoms with van der Waals surface area (Å²) in [6, 6.07) is 18.0. The Bertz CT molecular complexity index is 1640. The van der Waals surface area contributed by atoms with Crippen LogP contribution in [-0.2, 0) is 9.53 Å². The van der Waals surface area contributed by atoms with Gasteiger partial charge in [-0.05, 0) is 62.6 Å². The number of carbonyl (C=O) groups excluding carboxylic acids is 3. The molecule has 2 heterocycles. The molecule has 9 nitrogen and oxygen atoms in total. The summed E-state index contributed by atoms with van der Waals surface area (Å²) >= 11 is 1.52. The number of likely N-dealkylation sites (N-methyl/N-ethyl adjacent to an activating group) is 2. The maximum absolute atomic E-state index is 13.3. The van der Waals surface area contributed by atoms with E-state index in [1.54, 1.807) is 47.8 Å². The van der Waals surface area contributed by atoms with Gasteiger partial charge in [-0.2, -0.15) is 0 Å². The molecule has 0 spiro atoms. The molecule has 1 aliphatic heterocycles. The number of amides is 2. The first-order valence-electron chi connectivity index (χ1n) is 12.6. The van der Waals surface area contributed by atoms with Gasteiger partial charge in [0.15, 0.2) is 0 Å². The minimum Gasteiger partial charge on any atom is -0.465 e. The number of esters is 1. The number of carbonyl (C=O) groups is 3. The van der Waals surface area contributed by atoms with Crippen LogP contribution in [0.4, 0.5) is 11.4 Å². The molecule has 0 unspecified atom stereocenters. The van der Waals surface area contributed by atoms with Crippen LogP contribution >= 0.6 is 11.3 Å². The molecule has 4 aromatic rings. The van der Waals surface area contributed by atoms with E-state index >= 15 is 0 Å². The molecule has 1 aromatic heterocycles. The summed E-state index contributed by atoms with van der Waals surface area (Å²) in [4.78, 5) is 46.4. The third-order valence-corrected chi connectivity index (χ3v) is 7.48. The van der Waals surface area contributed by atoms with Crippen molar-refractivity contribution < 1.29 is 19.1 Å². The van der Waals surface area contributed by atoms with Gasteiger partial charge in [-0.25, -0.2) is 9.78 Å². The van der Waals surface area contributed by atoms with Crippen molar-refractivity contribution in [2.45, 2.75) is 0 Å². The Morgan fingerprint density at radius 2 is 1.68 bits per heavy atom. The summed E-state index contributed by atoms with van der Waals surface area (Å²) in [6.45, 7) is 1.39. The lowest BCUT2D eigenvalue weighted by Crippen LogP contribution is -2.33. The maximum Gasteiger partial charge on any atom is 0.337 e. The van der Waals surface area contributed by atoms with Crippen LogP contribution in [0.2, 0.25) is 0 Å². The van der Waals surface area contributed by atoms with Crippen molar-refractivity contribution >= 4 is 62.0 Å². The third-order valence-electron chi connectivity index (χ3n) is 6.69. The Morgan fingerprint density at radius 1 is 0.950 bits per heavy atom. The maximum atomic E-state index is 13.3. The molecule has 204 valence electrons. The van der Waals surface area contributed by atoms with E-state index in [-0.39, 0.29) is 11.8 Å². The van der Waals surface area contributed by atoms with Crippen LogP contribution in [0.5, 0.6) is 0 Å². The fourth-order valence-corrected chi connectivity index (χ4v) is 5.18. The van der Waals surface area contributed by atoms with Gasteiger partial charge >= 0.3 is 5.97 Å². The SMILES string of the molecule is COC(=O)c1ccc2c(c1)NC(=O)/C2=C(\Nc1ccc(C(=O)N(C)CCN(C)C)cc1)c1ccc2ncsc2c1. The van der Waals surface area contributed by atoms with Crippen LogP contribution in [0.15, 0.2) is 66.2 Å². The highest BCUT2D eigenvalue weighted by molar-refractivity contribution is 7.16. The number of hydrogen-bond acceptors (Lipinski definition) is 8. The van der Waals surface area contributed by atoms with Crippen molar-refractivity contribution in [2.75, 3.05) is 52.0 Å².